The Bertz CT molecular complexity index is 422. The zero-order valence-corrected chi connectivity index (χ0v) is 7.89. The number of rotatable bonds is 4. The van der Waals surface area contributed by atoms with Crippen molar-refractivity contribution in [1.29, 1.82) is 0 Å². The molecule has 5 heteroatoms. The van der Waals surface area contributed by atoms with Gasteiger partial charge in [-0.25, -0.2) is 4.79 Å². The van der Waals surface area contributed by atoms with Gasteiger partial charge in [0.1, 0.15) is 11.3 Å². The second-order valence-electron chi connectivity index (χ2n) is 2.70. The number of Topliss-reactive ketones (excluding diaryl/α,β-unsaturated/α-hetero) is 1. The van der Waals surface area contributed by atoms with Crippen LogP contribution in [0.3, 0.4) is 0 Å². The Morgan fingerprint density at radius 3 is 2.53 bits per heavy atom. The first kappa shape index (κ1) is 10.9. The lowest BCUT2D eigenvalue weighted by molar-refractivity contribution is -0.104. The lowest BCUT2D eigenvalue weighted by atomic mass is 10.1. The highest BCUT2D eigenvalue weighted by molar-refractivity contribution is 6.33. The average Bonchev–Trinajstić information content (AvgIpc) is 2.27. The highest BCUT2D eigenvalue weighted by Gasteiger charge is 2.14. The molecule has 0 aliphatic carbocycles. The van der Waals surface area contributed by atoms with E-state index in [1.54, 1.807) is 0 Å². The molecule has 1 N–H and O–H groups in total. The quantitative estimate of drug-likeness (QED) is 0.449. The Labute approximate surface area is 85.3 Å². The van der Waals surface area contributed by atoms with Crippen LogP contribution in [0.15, 0.2) is 18.2 Å². The van der Waals surface area contributed by atoms with Gasteiger partial charge in [-0.15, -0.1) is 0 Å². The molecule has 1 aromatic rings. The number of aromatic carboxylic acids is 1. The number of hydrogen-bond donors (Lipinski definition) is 1. The molecule has 15 heavy (non-hydrogen) atoms. The third kappa shape index (κ3) is 2.19. The predicted molar refractivity (Wildman–Crippen MR) is 50.3 cm³/mol. The summed E-state index contributed by atoms with van der Waals surface area (Å²) in [6, 6.07) is 3.78. The van der Waals surface area contributed by atoms with E-state index in [0.717, 1.165) is 6.07 Å². The fourth-order valence-electron chi connectivity index (χ4n) is 1.10. The molecule has 0 atom stereocenters. The first-order valence-electron chi connectivity index (χ1n) is 4.01. The van der Waals surface area contributed by atoms with Gasteiger partial charge in [0.15, 0.2) is 6.29 Å². The first-order chi connectivity index (χ1) is 7.10. The third-order valence-corrected chi connectivity index (χ3v) is 1.82. The van der Waals surface area contributed by atoms with Gasteiger partial charge in [0.05, 0.1) is 7.11 Å². The maximum Gasteiger partial charge on any atom is 0.339 e. The summed E-state index contributed by atoms with van der Waals surface area (Å²) in [5.74, 6) is -1.84. The Kier molecular flexibility index (Phi) is 3.17. The summed E-state index contributed by atoms with van der Waals surface area (Å²) in [6.45, 7) is 0. The molecule has 0 aliphatic heterocycles. The predicted octanol–water partition coefficient (Wildman–Crippen LogP) is 0.775. The maximum atomic E-state index is 11.0. The number of carbonyl (C=O) groups is 3. The van der Waals surface area contributed by atoms with Crippen molar-refractivity contribution in [3.05, 3.63) is 29.3 Å². The summed E-state index contributed by atoms with van der Waals surface area (Å²) in [5, 5.41) is 8.80. The number of methoxy groups -OCH3 is 1. The zero-order valence-electron chi connectivity index (χ0n) is 7.89. The van der Waals surface area contributed by atoms with Crippen LogP contribution in [-0.4, -0.2) is 30.3 Å². The summed E-state index contributed by atoms with van der Waals surface area (Å²) in [6.07, 6.45) is 0.132. The van der Waals surface area contributed by atoms with E-state index >= 15 is 0 Å². The number of ketones is 1. The van der Waals surface area contributed by atoms with Crippen molar-refractivity contribution < 1.29 is 24.2 Å². The van der Waals surface area contributed by atoms with Gasteiger partial charge in [0.25, 0.3) is 0 Å². The molecule has 0 spiro atoms. The molecular formula is C10H8O5. The summed E-state index contributed by atoms with van der Waals surface area (Å²) in [7, 11) is 1.32. The van der Waals surface area contributed by atoms with Gasteiger partial charge >= 0.3 is 5.97 Å². The normalized spacial score (nSPS) is 9.40. The molecule has 0 heterocycles. The highest BCUT2D eigenvalue weighted by Crippen LogP contribution is 2.19. The van der Waals surface area contributed by atoms with Crippen molar-refractivity contribution >= 4 is 18.0 Å². The van der Waals surface area contributed by atoms with E-state index in [4.69, 9.17) is 9.84 Å². The van der Waals surface area contributed by atoms with Crippen molar-refractivity contribution in [2.45, 2.75) is 0 Å². The summed E-state index contributed by atoms with van der Waals surface area (Å²) < 4.78 is 4.79. The van der Waals surface area contributed by atoms with Crippen LogP contribution in [0.4, 0.5) is 0 Å². The summed E-state index contributed by atoms with van der Waals surface area (Å²) in [5.41, 5.74) is -0.117. The number of carbonyl (C=O) groups excluding carboxylic acids is 2. The molecule has 0 saturated heterocycles. The van der Waals surface area contributed by atoms with E-state index < -0.39 is 11.8 Å². The third-order valence-electron chi connectivity index (χ3n) is 1.82. The topological polar surface area (TPSA) is 80.7 Å². The van der Waals surface area contributed by atoms with E-state index in [1.807, 2.05) is 0 Å². The molecule has 0 amide bonds. The van der Waals surface area contributed by atoms with Crippen molar-refractivity contribution in [3.8, 4) is 5.75 Å². The standard InChI is InChI=1S/C10H8O5/c1-15-9-3-2-6(8(12)5-11)4-7(9)10(13)14/h2-5H,1H3,(H,13,14). The number of hydrogen-bond acceptors (Lipinski definition) is 4. The molecule has 1 rings (SSSR count). The van der Waals surface area contributed by atoms with Crippen molar-refractivity contribution in [2.75, 3.05) is 7.11 Å². The van der Waals surface area contributed by atoms with Crippen LogP contribution in [0.25, 0.3) is 0 Å². The van der Waals surface area contributed by atoms with Crippen LogP contribution < -0.4 is 4.74 Å². The molecule has 5 nitrogen and oxygen atoms in total. The lowest BCUT2D eigenvalue weighted by Crippen LogP contribution is -2.05. The largest absolute Gasteiger partial charge is 0.496 e. The SMILES string of the molecule is COc1ccc(C(=O)C=O)cc1C(=O)O. The number of ether oxygens (including phenoxy) is 1. The molecule has 1 aromatic carbocycles. The van der Waals surface area contributed by atoms with Crippen molar-refractivity contribution in [1.82, 2.24) is 0 Å². The van der Waals surface area contributed by atoms with Crippen molar-refractivity contribution in [2.24, 2.45) is 0 Å². The maximum absolute atomic E-state index is 11.0. The fraction of sp³-hybridized carbons (Fsp3) is 0.100. The van der Waals surface area contributed by atoms with Crippen LogP contribution in [0, 0.1) is 0 Å². The molecule has 0 aliphatic rings. The van der Waals surface area contributed by atoms with E-state index in [0.29, 0.717) is 0 Å². The zero-order chi connectivity index (χ0) is 11.4. The Morgan fingerprint density at radius 2 is 2.07 bits per heavy atom. The van der Waals surface area contributed by atoms with Gasteiger partial charge in [0, 0.05) is 5.56 Å². The molecule has 0 bridgehead atoms. The highest BCUT2D eigenvalue weighted by atomic mass is 16.5. The van der Waals surface area contributed by atoms with E-state index in [2.05, 4.69) is 0 Å². The van der Waals surface area contributed by atoms with E-state index in [1.165, 1.54) is 19.2 Å². The minimum Gasteiger partial charge on any atom is -0.496 e. The molecule has 0 unspecified atom stereocenters. The van der Waals surface area contributed by atoms with Gasteiger partial charge < -0.3 is 9.84 Å². The number of carboxylic acid groups (broad SMARTS) is 1. The lowest BCUT2D eigenvalue weighted by Gasteiger charge is -2.05. The Balaban J connectivity index is 3.27. The van der Waals surface area contributed by atoms with Crippen LogP contribution in [0.1, 0.15) is 20.7 Å². The van der Waals surface area contributed by atoms with Gasteiger partial charge in [0.2, 0.25) is 5.78 Å². The molecule has 0 radical (unpaired) electrons. The minimum absolute atomic E-state index is 0.0307. The number of benzene rings is 1. The van der Waals surface area contributed by atoms with Crippen LogP contribution in [0.5, 0.6) is 5.75 Å². The van der Waals surface area contributed by atoms with Gasteiger partial charge in [-0.1, -0.05) is 0 Å². The fourth-order valence-corrected chi connectivity index (χ4v) is 1.10. The molecule has 0 aromatic heterocycles. The van der Waals surface area contributed by atoms with Gasteiger partial charge in [-0.3, -0.25) is 9.59 Å². The molecule has 0 fully saturated rings. The molecule has 0 saturated carbocycles. The number of carboxylic acids is 1. The number of aldehydes is 1. The smallest absolute Gasteiger partial charge is 0.339 e. The summed E-state index contributed by atoms with van der Waals surface area (Å²) >= 11 is 0. The van der Waals surface area contributed by atoms with Gasteiger partial charge in [-0.2, -0.15) is 0 Å². The average molecular weight is 208 g/mol. The Hall–Kier alpha value is -2.17. The minimum atomic E-state index is -1.22. The summed E-state index contributed by atoms with van der Waals surface area (Å²) in [4.78, 5) is 32.0. The van der Waals surface area contributed by atoms with E-state index in [9.17, 15) is 14.4 Å². The first-order valence-corrected chi connectivity index (χ1v) is 4.01. The second-order valence-corrected chi connectivity index (χ2v) is 2.70. The van der Waals surface area contributed by atoms with Crippen molar-refractivity contribution in [3.63, 3.8) is 0 Å². The monoisotopic (exact) mass is 208 g/mol. The second kappa shape index (κ2) is 4.36. The molecule has 78 valence electrons. The van der Waals surface area contributed by atoms with Crippen LogP contribution >= 0.6 is 0 Å². The molecular weight excluding hydrogens is 200 g/mol. The van der Waals surface area contributed by atoms with Gasteiger partial charge in [-0.05, 0) is 18.2 Å². The Morgan fingerprint density at radius 1 is 1.40 bits per heavy atom. The van der Waals surface area contributed by atoms with Crippen LogP contribution in [0.2, 0.25) is 0 Å². The van der Waals surface area contributed by atoms with Crippen LogP contribution in [-0.2, 0) is 4.79 Å². The van der Waals surface area contributed by atoms with E-state index in [-0.39, 0.29) is 23.2 Å².